The fourth-order valence-electron chi connectivity index (χ4n) is 1.48. The quantitative estimate of drug-likeness (QED) is 0.560. The Kier molecular flexibility index (Phi) is 5.37. The summed E-state index contributed by atoms with van der Waals surface area (Å²) in [6.07, 6.45) is 0. The van der Waals surface area contributed by atoms with Crippen LogP contribution in [0.3, 0.4) is 0 Å². The van der Waals surface area contributed by atoms with Gasteiger partial charge in [0.25, 0.3) is 5.91 Å². The second kappa shape index (κ2) is 7.27. The molecule has 3 amide bonds. The van der Waals surface area contributed by atoms with Gasteiger partial charge in [0.1, 0.15) is 0 Å². The lowest BCUT2D eigenvalue weighted by Gasteiger charge is -2.11. The van der Waals surface area contributed by atoms with Gasteiger partial charge in [-0.25, -0.2) is 4.79 Å². The van der Waals surface area contributed by atoms with Crippen LogP contribution in [0.15, 0.2) is 29.6 Å². The Morgan fingerprint density at radius 2 is 1.87 bits per heavy atom. The van der Waals surface area contributed by atoms with Crippen molar-refractivity contribution < 1.29 is 14.5 Å². The van der Waals surface area contributed by atoms with Gasteiger partial charge in [-0.05, 0) is 12.1 Å². The van der Waals surface area contributed by atoms with E-state index in [9.17, 15) is 19.7 Å². The molecule has 1 aromatic carbocycles. The van der Waals surface area contributed by atoms with Crippen molar-refractivity contribution >= 4 is 57.2 Å². The fraction of sp³-hybridized carbons (Fsp3) is 0. The summed E-state index contributed by atoms with van der Waals surface area (Å²) in [7, 11) is 0. The summed E-state index contributed by atoms with van der Waals surface area (Å²) >= 11 is 12.6. The van der Waals surface area contributed by atoms with E-state index in [1.54, 1.807) is 18.2 Å². The number of nitrogens with zero attached hydrogens (tertiary/aromatic N) is 1. The molecule has 8 nitrogen and oxygen atoms in total. The average Bonchev–Trinajstić information content (AvgIpc) is 2.96. The minimum absolute atomic E-state index is 0.00706. The number of nitrogens with one attached hydrogen (secondary N) is 3. The summed E-state index contributed by atoms with van der Waals surface area (Å²) < 4.78 is 0. The van der Waals surface area contributed by atoms with E-state index in [0.717, 1.165) is 17.4 Å². The van der Waals surface area contributed by atoms with E-state index >= 15 is 0 Å². The molecule has 2 rings (SSSR count). The highest BCUT2D eigenvalue weighted by molar-refractivity contribution is 7.13. The lowest BCUT2D eigenvalue weighted by molar-refractivity contribution is -0.380. The number of urea groups is 1. The highest BCUT2D eigenvalue weighted by Gasteiger charge is 2.17. The van der Waals surface area contributed by atoms with Crippen LogP contribution >= 0.6 is 34.5 Å². The third-order valence-electron chi connectivity index (χ3n) is 2.52. The zero-order valence-corrected chi connectivity index (χ0v) is 13.5. The molecular formula is C12H8Cl2N4O4S. The van der Waals surface area contributed by atoms with Crippen LogP contribution in [-0.2, 0) is 0 Å². The summed E-state index contributed by atoms with van der Waals surface area (Å²) in [5, 5.41) is 14.2. The zero-order chi connectivity index (χ0) is 17.0. The van der Waals surface area contributed by atoms with E-state index in [1.807, 2.05) is 5.32 Å². The van der Waals surface area contributed by atoms with Crippen LogP contribution in [0, 0.1) is 10.1 Å². The molecule has 0 radical (unpaired) electrons. The Balaban J connectivity index is 1.94. The van der Waals surface area contributed by atoms with Crippen LogP contribution in [-0.4, -0.2) is 16.9 Å². The maximum atomic E-state index is 11.8. The molecule has 0 aliphatic carbocycles. The van der Waals surface area contributed by atoms with Crippen molar-refractivity contribution in [2.24, 2.45) is 0 Å². The molecule has 1 aromatic heterocycles. The molecule has 23 heavy (non-hydrogen) atoms. The lowest BCUT2D eigenvalue weighted by atomic mass is 10.3. The number of imide groups is 1. The highest BCUT2D eigenvalue weighted by Crippen LogP contribution is 2.28. The van der Waals surface area contributed by atoms with Gasteiger partial charge in [0, 0.05) is 11.4 Å². The third kappa shape index (κ3) is 4.31. The molecule has 0 spiro atoms. The van der Waals surface area contributed by atoms with E-state index < -0.39 is 16.9 Å². The Labute approximate surface area is 143 Å². The summed E-state index contributed by atoms with van der Waals surface area (Å²) in [5.41, 5.74) is 4.94. The predicted octanol–water partition coefficient (Wildman–Crippen LogP) is 3.43. The number of hydrazine groups is 1. The summed E-state index contributed by atoms with van der Waals surface area (Å²) in [5.74, 6) is -0.779. The van der Waals surface area contributed by atoms with Gasteiger partial charge < -0.3 is 0 Å². The van der Waals surface area contributed by atoms with Gasteiger partial charge in [-0.2, -0.15) is 0 Å². The van der Waals surface area contributed by atoms with E-state index in [0.29, 0.717) is 0 Å². The molecule has 0 atom stereocenters. The average molecular weight is 375 g/mol. The normalized spacial score (nSPS) is 10.0. The SMILES string of the molecule is O=C(NNc1c(Cl)cccc1Cl)NC(=O)c1csc([N+](=O)[O-])c1. The topological polar surface area (TPSA) is 113 Å². The van der Waals surface area contributed by atoms with Gasteiger partial charge in [0.05, 0.1) is 26.2 Å². The Morgan fingerprint density at radius 3 is 2.43 bits per heavy atom. The number of thiophene rings is 1. The number of halogens is 2. The molecule has 0 fully saturated rings. The number of carbonyl (C=O) groups is 2. The summed E-state index contributed by atoms with van der Waals surface area (Å²) in [6, 6.07) is 4.95. The number of hydrogen-bond donors (Lipinski definition) is 3. The van der Waals surface area contributed by atoms with Crippen LogP contribution in [0.5, 0.6) is 0 Å². The summed E-state index contributed by atoms with van der Waals surface area (Å²) in [6.45, 7) is 0. The molecule has 11 heteroatoms. The number of hydrogen-bond acceptors (Lipinski definition) is 6. The molecule has 120 valence electrons. The van der Waals surface area contributed by atoms with Crippen molar-refractivity contribution in [1.82, 2.24) is 10.7 Å². The molecule has 3 N–H and O–H groups in total. The van der Waals surface area contributed by atoms with E-state index in [1.165, 1.54) is 5.38 Å². The molecule has 0 bridgehead atoms. The standard InChI is InChI=1S/C12H8Cl2N4O4S/c13-7-2-1-3-8(14)10(7)16-17-12(20)15-11(19)6-4-9(18(21)22)23-5-6/h1-5,16H,(H2,15,17,19,20). The first-order chi connectivity index (χ1) is 10.9. The van der Waals surface area contributed by atoms with Crippen molar-refractivity contribution in [3.63, 3.8) is 0 Å². The first-order valence-electron chi connectivity index (χ1n) is 5.92. The first kappa shape index (κ1) is 17.0. The molecular weight excluding hydrogens is 367 g/mol. The molecule has 0 aliphatic rings. The monoisotopic (exact) mass is 374 g/mol. The number of rotatable bonds is 4. The Hall–Kier alpha value is -2.36. The summed E-state index contributed by atoms with van der Waals surface area (Å²) in [4.78, 5) is 33.3. The smallest absolute Gasteiger partial charge is 0.294 e. The number of benzene rings is 1. The molecule has 2 aromatic rings. The second-order valence-corrected chi connectivity index (χ2v) is 5.76. The number of anilines is 1. The van der Waals surface area contributed by atoms with Crippen molar-refractivity contribution in [3.05, 3.63) is 55.4 Å². The van der Waals surface area contributed by atoms with Crippen LogP contribution in [0.2, 0.25) is 10.0 Å². The van der Waals surface area contributed by atoms with Gasteiger partial charge in [-0.3, -0.25) is 31.1 Å². The molecule has 0 unspecified atom stereocenters. The number of nitro groups is 1. The molecule has 1 heterocycles. The third-order valence-corrected chi connectivity index (χ3v) is 4.03. The molecule has 0 saturated heterocycles. The molecule has 0 aliphatic heterocycles. The lowest BCUT2D eigenvalue weighted by Crippen LogP contribution is -2.42. The highest BCUT2D eigenvalue weighted by atomic mass is 35.5. The number of carbonyl (C=O) groups excluding carboxylic acids is 2. The van der Waals surface area contributed by atoms with Crippen molar-refractivity contribution in [2.75, 3.05) is 5.43 Å². The van der Waals surface area contributed by atoms with Crippen molar-refractivity contribution in [2.45, 2.75) is 0 Å². The Morgan fingerprint density at radius 1 is 1.22 bits per heavy atom. The number of para-hydroxylation sites is 1. The van der Waals surface area contributed by atoms with Crippen LogP contribution in [0.25, 0.3) is 0 Å². The number of amides is 3. The van der Waals surface area contributed by atoms with Crippen LogP contribution in [0.1, 0.15) is 10.4 Å². The van der Waals surface area contributed by atoms with Gasteiger partial charge in [0.15, 0.2) is 0 Å². The fourth-order valence-corrected chi connectivity index (χ4v) is 2.68. The predicted molar refractivity (Wildman–Crippen MR) is 87.1 cm³/mol. The largest absolute Gasteiger partial charge is 0.340 e. The van der Waals surface area contributed by atoms with Gasteiger partial charge in [0.2, 0.25) is 0 Å². The molecule has 0 saturated carbocycles. The maximum absolute atomic E-state index is 11.8. The zero-order valence-electron chi connectivity index (χ0n) is 11.1. The van der Waals surface area contributed by atoms with Crippen LogP contribution in [0.4, 0.5) is 15.5 Å². The van der Waals surface area contributed by atoms with Crippen molar-refractivity contribution in [1.29, 1.82) is 0 Å². The minimum Gasteiger partial charge on any atom is -0.294 e. The maximum Gasteiger partial charge on any atom is 0.340 e. The van der Waals surface area contributed by atoms with E-state index in [-0.39, 0.29) is 26.3 Å². The van der Waals surface area contributed by atoms with Crippen LogP contribution < -0.4 is 16.2 Å². The van der Waals surface area contributed by atoms with Gasteiger partial charge in [-0.1, -0.05) is 40.6 Å². The van der Waals surface area contributed by atoms with Crippen molar-refractivity contribution in [3.8, 4) is 0 Å². The van der Waals surface area contributed by atoms with E-state index in [4.69, 9.17) is 23.2 Å². The van der Waals surface area contributed by atoms with E-state index in [2.05, 4.69) is 10.9 Å². The van der Waals surface area contributed by atoms with Gasteiger partial charge >= 0.3 is 11.0 Å². The Bertz CT molecular complexity index is 760. The minimum atomic E-state index is -0.875. The van der Waals surface area contributed by atoms with Gasteiger partial charge in [-0.15, -0.1) is 0 Å². The second-order valence-electron chi connectivity index (χ2n) is 4.06. The first-order valence-corrected chi connectivity index (χ1v) is 7.56.